The molecule has 3 atom stereocenters. The summed E-state index contributed by atoms with van der Waals surface area (Å²) in [6.07, 6.45) is 5.64. The average molecular weight is 288 g/mol. The molecule has 1 saturated heterocycles. The smallest absolute Gasteiger partial charge is 0.320 e. The summed E-state index contributed by atoms with van der Waals surface area (Å²) < 4.78 is 0. The first kappa shape index (κ1) is 14.5. The molecule has 3 rings (SSSR count). The number of rotatable bonds is 3. The number of carboxylic acids is 1. The number of nitrogens with zero attached hydrogens (tertiary/aromatic N) is 2. The van der Waals surface area contributed by atoms with Gasteiger partial charge in [-0.1, -0.05) is 18.9 Å². The maximum Gasteiger partial charge on any atom is 0.320 e. The van der Waals surface area contributed by atoms with Crippen LogP contribution in [0.5, 0.6) is 0 Å². The van der Waals surface area contributed by atoms with Gasteiger partial charge in [-0.2, -0.15) is 0 Å². The number of hydrogen-bond donors (Lipinski definition) is 1. The van der Waals surface area contributed by atoms with E-state index in [1.807, 2.05) is 19.9 Å². The van der Waals surface area contributed by atoms with E-state index in [-0.39, 0.29) is 6.04 Å². The number of aliphatic carboxylic acids is 1. The zero-order chi connectivity index (χ0) is 15.0. The molecule has 1 N–H and O–H groups in total. The average Bonchev–Trinajstić information content (AvgIpc) is 2.81. The minimum atomic E-state index is -0.665. The Hall–Kier alpha value is -1.42. The molecule has 1 saturated carbocycles. The molecule has 2 heterocycles. The first-order chi connectivity index (χ1) is 10.1. The molecule has 1 aromatic rings. The maximum absolute atomic E-state index is 11.6. The molecule has 1 aliphatic carbocycles. The fourth-order valence-corrected chi connectivity index (χ4v) is 4.10. The van der Waals surface area contributed by atoms with E-state index >= 15 is 0 Å². The fraction of sp³-hybridized carbons (Fsp3) is 0.647. The Bertz CT molecular complexity index is 544. The van der Waals surface area contributed by atoms with Crippen molar-refractivity contribution in [3.05, 3.63) is 29.1 Å². The standard InChI is InChI=1S/C17H24N2O2/c1-11-7-8-14(12(2)18-11)10-19-15-6-4-3-5-13(15)9-16(19)17(20)21/h7-8,13,15-16H,3-6,9-10H2,1-2H3,(H,20,21). The molecule has 0 bridgehead atoms. The zero-order valence-electron chi connectivity index (χ0n) is 12.9. The van der Waals surface area contributed by atoms with Crippen LogP contribution in [0.3, 0.4) is 0 Å². The van der Waals surface area contributed by atoms with E-state index in [0.29, 0.717) is 12.0 Å². The van der Waals surface area contributed by atoms with Gasteiger partial charge in [-0.15, -0.1) is 0 Å². The van der Waals surface area contributed by atoms with Gasteiger partial charge in [0, 0.05) is 24.0 Å². The van der Waals surface area contributed by atoms with E-state index in [2.05, 4.69) is 16.0 Å². The highest BCUT2D eigenvalue weighted by Crippen LogP contribution is 2.40. The van der Waals surface area contributed by atoms with E-state index in [9.17, 15) is 9.90 Å². The lowest BCUT2D eigenvalue weighted by Gasteiger charge is -2.33. The van der Waals surface area contributed by atoms with E-state index < -0.39 is 5.97 Å². The van der Waals surface area contributed by atoms with Gasteiger partial charge >= 0.3 is 5.97 Å². The molecule has 0 radical (unpaired) electrons. The largest absolute Gasteiger partial charge is 0.480 e. The lowest BCUT2D eigenvalue weighted by molar-refractivity contribution is -0.142. The number of hydrogen-bond acceptors (Lipinski definition) is 3. The molecular formula is C17H24N2O2. The van der Waals surface area contributed by atoms with Gasteiger partial charge in [0.2, 0.25) is 0 Å². The Labute approximate surface area is 126 Å². The highest BCUT2D eigenvalue weighted by molar-refractivity contribution is 5.74. The van der Waals surface area contributed by atoms with Gasteiger partial charge in [0.05, 0.1) is 0 Å². The van der Waals surface area contributed by atoms with Gasteiger partial charge in [0.25, 0.3) is 0 Å². The second-order valence-electron chi connectivity index (χ2n) is 6.57. The predicted molar refractivity (Wildman–Crippen MR) is 81.0 cm³/mol. The molecule has 4 nitrogen and oxygen atoms in total. The van der Waals surface area contributed by atoms with Crippen LogP contribution in [0.4, 0.5) is 0 Å². The molecule has 0 aromatic carbocycles. The Morgan fingerprint density at radius 3 is 2.81 bits per heavy atom. The van der Waals surface area contributed by atoms with E-state index in [4.69, 9.17) is 0 Å². The van der Waals surface area contributed by atoms with Crippen molar-refractivity contribution >= 4 is 5.97 Å². The van der Waals surface area contributed by atoms with Crippen LogP contribution >= 0.6 is 0 Å². The quantitative estimate of drug-likeness (QED) is 0.929. The third-order valence-corrected chi connectivity index (χ3v) is 5.19. The Morgan fingerprint density at radius 2 is 2.10 bits per heavy atom. The first-order valence-electron chi connectivity index (χ1n) is 7.98. The van der Waals surface area contributed by atoms with Crippen LogP contribution in [0, 0.1) is 19.8 Å². The number of carbonyl (C=O) groups is 1. The number of aryl methyl sites for hydroxylation is 2. The minimum absolute atomic E-state index is 0.321. The summed E-state index contributed by atoms with van der Waals surface area (Å²) in [5.41, 5.74) is 3.21. The van der Waals surface area contributed by atoms with Crippen LogP contribution in [-0.4, -0.2) is 33.0 Å². The molecule has 1 aromatic heterocycles. The van der Waals surface area contributed by atoms with Gasteiger partial charge < -0.3 is 5.11 Å². The molecule has 3 unspecified atom stereocenters. The lowest BCUT2D eigenvalue weighted by Crippen LogP contribution is -2.41. The Balaban J connectivity index is 1.84. The number of pyridine rings is 1. The van der Waals surface area contributed by atoms with Gasteiger partial charge in [-0.3, -0.25) is 14.7 Å². The molecular weight excluding hydrogens is 264 g/mol. The summed E-state index contributed by atoms with van der Waals surface area (Å²) in [4.78, 5) is 18.4. The van der Waals surface area contributed by atoms with Crippen molar-refractivity contribution in [2.24, 2.45) is 5.92 Å². The van der Waals surface area contributed by atoms with Crippen molar-refractivity contribution in [1.29, 1.82) is 0 Å². The van der Waals surface area contributed by atoms with Gasteiger partial charge in [0.15, 0.2) is 0 Å². The normalized spacial score (nSPS) is 29.3. The molecule has 114 valence electrons. The van der Waals surface area contributed by atoms with Crippen LogP contribution < -0.4 is 0 Å². The number of carboxylic acid groups (broad SMARTS) is 1. The molecule has 21 heavy (non-hydrogen) atoms. The highest BCUT2D eigenvalue weighted by Gasteiger charge is 2.45. The fourth-order valence-electron chi connectivity index (χ4n) is 4.10. The summed E-state index contributed by atoms with van der Waals surface area (Å²) in [6.45, 7) is 4.73. The van der Waals surface area contributed by atoms with Gasteiger partial charge in [-0.25, -0.2) is 0 Å². The van der Waals surface area contributed by atoms with E-state index in [1.54, 1.807) is 0 Å². The van der Waals surface area contributed by atoms with Gasteiger partial charge in [0.1, 0.15) is 6.04 Å². The van der Waals surface area contributed by atoms with E-state index in [1.165, 1.54) is 19.3 Å². The lowest BCUT2D eigenvalue weighted by atomic mass is 9.84. The summed E-state index contributed by atoms with van der Waals surface area (Å²) in [6, 6.07) is 4.25. The third kappa shape index (κ3) is 2.82. The van der Waals surface area contributed by atoms with Crippen LogP contribution in [0.2, 0.25) is 0 Å². The second kappa shape index (κ2) is 5.76. The zero-order valence-corrected chi connectivity index (χ0v) is 12.9. The van der Waals surface area contributed by atoms with Crippen LogP contribution in [0.25, 0.3) is 0 Å². The summed E-state index contributed by atoms with van der Waals surface area (Å²) >= 11 is 0. The number of fused-ring (bicyclic) bond motifs is 1. The molecule has 1 aliphatic heterocycles. The predicted octanol–water partition coefficient (Wildman–Crippen LogP) is 2.92. The van der Waals surface area contributed by atoms with E-state index in [0.717, 1.165) is 36.3 Å². The third-order valence-electron chi connectivity index (χ3n) is 5.19. The molecule has 0 spiro atoms. The summed E-state index contributed by atoms with van der Waals surface area (Å²) in [7, 11) is 0. The van der Waals surface area contributed by atoms with Crippen molar-refractivity contribution in [3.63, 3.8) is 0 Å². The highest BCUT2D eigenvalue weighted by atomic mass is 16.4. The number of likely N-dealkylation sites (tertiary alicyclic amines) is 1. The number of aromatic nitrogens is 1. The monoisotopic (exact) mass is 288 g/mol. The van der Waals surface area contributed by atoms with Crippen molar-refractivity contribution < 1.29 is 9.90 Å². The first-order valence-corrected chi connectivity index (χ1v) is 7.98. The second-order valence-corrected chi connectivity index (χ2v) is 6.57. The summed E-state index contributed by atoms with van der Waals surface area (Å²) in [5, 5.41) is 9.56. The topological polar surface area (TPSA) is 53.4 Å². The maximum atomic E-state index is 11.6. The molecule has 2 aliphatic rings. The van der Waals surface area contributed by atoms with Crippen molar-refractivity contribution in [1.82, 2.24) is 9.88 Å². The minimum Gasteiger partial charge on any atom is -0.480 e. The van der Waals surface area contributed by atoms with Crippen molar-refractivity contribution in [3.8, 4) is 0 Å². The van der Waals surface area contributed by atoms with Crippen LogP contribution in [0.15, 0.2) is 12.1 Å². The van der Waals surface area contributed by atoms with Crippen LogP contribution in [-0.2, 0) is 11.3 Å². The van der Waals surface area contributed by atoms with Crippen molar-refractivity contribution in [2.45, 2.75) is 64.6 Å². The molecule has 4 heteroatoms. The van der Waals surface area contributed by atoms with Crippen LogP contribution in [0.1, 0.15) is 49.1 Å². The molecule has 2 fully saturated rings. The summed E-state index contributed by atoms with van der Waals surface area (Å²) in [5.74, 6) is -0.0966. The molecule has 0 amide bonds. The van der Waals surface area contributed by atoms with Crippen molar-refractivity contribution in [2.75, 3.05) is 0 Å². The Morgan fingerprint density at radius 1 is 1.33 bits per heavy atom. The van der Waals surface area contributed by atoms with Gasteiger partial charge in [-0.05, 0) is 50.7 Å². The Kier molecular flexibility index (Phi) is 3.98. The SMILES string of the molecule is Cc1ccc(CN2C(C(=O)O)CC3CCCCC32)c(C)n1.